The fourth-order valence-corrected chi connectivity index (χ4v) is 2.25. The molecule has 0 radical (unpaired) electrons. The summed E-state index contributed by atoms with van der Waals surface area (Å²) >= 11 is 0. The van der Waals surface area contributed by atoms with Gasteiger partial charge in [0.1, 0.15) is 0 Å². The first-order valence-electron chi connectivity index (χ1n) is 6.99. The summed E-state index contributed by atoms with van der Waals surface area (Å²) in [6, 6.07) is 0.341. The Bertz CT molecular complexity index is 419. The quantitative estimate of drug-likeness (QED) is 0.751. The number of anilines is 2. The van der Waals surface area contributed by atoms with Gasteiger partial charge in [-0.05, 0) is 31.6 Å². The van der Waals surface area contributed by atoms with Crippen LogP contribution in [0.2, 0.25) is 0 Å². The van der Waals surface area contributed by atoms with Crippen LogP contribution >= 0.6 is 0 Å². The van der Waals surface area contributed by atoms with Crippen LogP contribution in [-0.4, -0.2) is 35.2 Å². The van der Waals surface area contributed by atoms with E-state index in [2.05, 4.69) is 32.5 Å². The molecule has 1 fully saturated rings. The number of nitrogens with one attached hydrogen (secondary N) is 2. The molecule has 0 saturated heterocycles. The lowest BCUT2D eigenvalue weighted by Gasteiger charge is -2.15. The molecule has 1 saturated carbocycles. The molecule has 2 rings (SSSR count). The molecule has 1 aromatic heterocycles. The number of hydrogen-bond acceptors (Lipinski definition) is 6. The van der Waals surface area contributed by atoms with Crippen LogP contribution in [-0.2, 0) is 0 Å². The smallest absolute Gasteiger partial charge is 0.322 e. The highest BCUT2D eigenvalue weighted by atomic mass is 16.5. The van der Waals surface area contributed by atoms with Crippen molar-refractivity contribution < 1.29 is 4.74 Å². The molecular formula is C13H23N5O. The van der Waals surface area contributed by atoms with Gasteiger partial charge in [0.25, 0.3) is 0 Å². The summed E-state index contributed by atoms with van der Waals surface area (Å²) in [5.41, 5.74) is 0.465. The molecule has 1 aliphatic rings. The van der Waals surface area contributed by atoms with E-state index in [4.69, 9.17) is 4.74 Å². The van der Waals surface area contributed by atoms with Gasteiger partial charge in [0, 0.05) is 13.1 Å². The Kier molecular flexibility index (Phi) is 4.39. The zero-order chi connectivity index (χ0) is 13.7. The SMILES string of the molecule is CCCC1(CNc2nc(NCC)nc(OC)n2)CC1. The minimum atomic E-state index is 0.341. The second-order valence-corrected chi connectivity index (χ2v) is 5.10. The molecule has 1 aromatic rings. The number of aromatic nitrogens is 3. The molecule has 1 heterocycles. The molecule has 0 unspecified atom stereocenters. The topological polar surface area (TPSA) is 72.0 Å². The molecule has 0 aromatic carbocycles. The van der Waals surface area contributed by atoms with E-state index in [-0.39, 0.29) is 0 Å². The Morgan fingerprint density at radius 3 is 2.32 bits per heavy atom. The van der Waals surface area contributed by atoms with Crippen LogP contribution in [0.5, 0.6) is 6.01 Å². The summed E-state index contributed by atoms with van der Waals surface area (Å²) in [7, 11) is 1.56. The van der Waals surface area contributed by atoms with Crippen LogP contribution in [0, 0.1) is 5.41 Å². The number of nitrogens with zero attached hydrogens (tertiary/aromatic N) is 3. The summed E-state index contributed by atoms with van der Waals surface area (Å²) in [4.78, 5) is 12.7. The van der Waals surface area contributed by atoms with Crippen molar-refractivity contribution in [1.82, 2.24) is 15.0 Å². The Morgan fingerprint density at radius 1 is 1.11 bits per heavy atom. The molecule has 0 atom stereocenters. The number of hydrogen-bond donors (Lipinski definition) is 2. The second kappa shape index (κ2) is 6.04. The molecule has 0 bridgehead atoms. The molecule has 19 heavy (non-hydrogen) atoms. The lowest BCUT2D eigenvalue weighted by atomic mass is 10.0. The van der Waals surface area contributed by atoms with E-state index < -0.39 is 0 Å². The Morgan fingerprint density at radius 2 is 1.79 bits per heavy atom. The zero-order valence-electron chi connectivity index (χ0n) is 12.0. The van der Waals surface area contributed by atoms with Crippen LogP contribution in [0.1, 0.15) is 39.5 Å². The van der Waals surface area contributed by atoms with Crippen molar-refractivity contribution in [1.29, 1.82) is 0 Å². The summed E-state index contributed by atoms with van der Waals surface area (Å²) < 4.78 is 5.09. The van der Waals surface area contributed by atoms with Crippen molar-refractivity contribution in [2.45, 2.75) is 39.5 Å². The first kappa shape index (κ1) is 13.8. The summed E-state index contributed by atoms with van der Waals surface area (Å²) in [5, 5.41) is 6.40. The lowest BCUT2D eigenvalue weighted by Crippen LogP contribution is -2.18. The molecule has 1 aliphatic carbocycles. The van der Waals surface area contributed by atoms with Crippen molar-refractivity contribution in [2.24, 2.45) is 5.41 Å². The van der Waals surface area contributed by atoms with Crippen molar-refractivity contribution in [2.75, 3.05) is 30.8 Å². The van der Waals surface area contributed by atoms with Crippen LogP contribution in [0.25, 0.3) is 0 Å². The van der Waals surface area contributed by atoms with Crippen LogP contribution in [0.15, 0.2) is 0 Å². The highest BCUT2D eigenvalue weighted by Crippen LogP contribution is 2.49. The normalized spacial score (nSPS) is 15.9. The monoisotopic (exact) mass is 265 g/mol. The number of rotatable bonds is 8. The Labute approximate surface area is 114 Å². The van der Waals surface area contributed by atoms with Crippen molar-refractivity contribution in [3.8, 4) is 6.01 Å². The molecule has 0 aliphatic heterocycles. The summed E-state index contributed by atoms with van der Waals surface area (Å²) in [5.74, 6) is 1.14. The maximum absolute atomic E-state index is 5.09. The van der Waals surface area contributed by atoms with Gasteiger partial charge < -0.3 is 15.4 Å². The van der Waals surface area contributed by atoms with E-state index in [0.717, 1.165) is 13.1 Å². The third-order valence-corrected chi connectivity index (χ3v) is 3.49. The molecule has 6 nitrogen and oxygen atoms in total. The molecule has 106 valence electrons. The first-order valence-corrected chi connectivity index (χ1v) is 6.99. The van der Waals surface area contributed by atoms with Crippen LogP contribution in [0.3, 0.4) is 0 Å². The highest BCUT2D eigenvalue weighted by Gasteiger charge is 2.41. The van der Waals surface area contributed by atoms with Gasteiger partial charge in [-0.15, -0.1) is 0 Å². The van der Waals surface area contributed by atoms with Gasteiger partial charge in [0.15, 0.2) is 0 Å². The van der Waals surface area contributed by atoms with Gasteiger partial charge in [-0.2, -0.15) is 15.0 Å². The Hall–Kier alpha value is -1.59. The van der Waals surface area contributed by atoms with Crippen LogP contribution in [0.4, 0.5) is 11.9 Å². The van der Waals surface area contributed by atoms with E-state index in [1.54, 1.807) is 7.11 Å². The van der Waals surface area contributed by atoms with Crippen molar-refractivity contribution in [3.05, 3.63) is 0 Å². The summed E-state index contributed by atoms with van der Waals surface area (Å²) in [6.45, 7) is 5.94. The molecule has 2 N–H and O–H groups in total. The molecule has 0 amide bonds. The largest absolute Gasteiger partial charge is 0.467 e. The van der Waals surface area contributed by atoms with Gasteiger partial charge in [0.2, 0.25) is 11.9 Å². The highest BCUT2D eigenvalue weighted by molar-refractivity contribution is 5.36. The second-order valence-electron chi connectivity index (χ2n) is 5.10. The van der Waals surface area contributed by atoms with E-state index in [1.807, 2.05) is 6.92 Å². The maximum atomic E-state index is 5.09. The predicted molar refractivity (Wildman–Crippen MR) is 75.6 cm³/mol. The standard InChI is InChI=1S/C13H23N5O/c1-4-6-13(7-8-13)9-15-11-16-10(14-5-2)17-12(18-11)19-3/h4-9H2,1-3H3,(H2,14,15,16,17,18). The van der Waals surface area contributed by atoms with E-state index >= 15 is 0 Å². The lowest BCUT2D eigenvalue weighted by molar-refractivity contribution is 0.379. The number of methoxy groups -OCH3 is 1. The maximum Gasteiger partial charge on any atom is 0.322 e. The molecule has 6 heteroatoms. The van der Waals surface area contributed by atoms with Gasteiger partial charge in [-0.25, -0.2) is 0 Å². The van der Waals surface area contributed by atoms with E-state index in [0.29, 0.717) is 23.3 Å². The average molecular weight is 265 g/mol. The van der Waals surface area contributed by atoms with Gasteiger partial charge >= 0.3 is 6.01 Å². The third-order valence-electron chi connectivity index (χ3n) is 3.49. The average Bonchev–Trinajstić information content (AvgIpc) is 3.17. The van der Waals surface area contributed by atoms with Crippen molar-refractivity contribution in [3.63, 3.8) is 0 Å². The zero-order valence-corrected chi connectivity index (χ0v) is 12.0. The first-order chi connectivity index (χ1) is 9.21. The predicted octanol–water partition coefficient (Wildman–Crippen LogP) is 2.30. The summed E-state index contributed by atoms with van der Waals surface area (Å²) in [6.07, 6.45) is 5.10. The van der Waals surface area contributed by atoms with Gasteiger partial charge in [-0.1, -0.05) is 13.3 Å². The minimum Gasteiger partial charge on any atom is -0.467 e. The molecular weight excluding hydrogens is 242 g/mol. The Balaban J connectivity index is 2.00. The number of ether oxygens (including phenoxy) is 1. The molecule has 0 spiro atoms. The van der Waals surface area contributed by atoms with Gasteiger partial charge in [-0.3, -0.25) is 0 Å². The third kappa shape index (κ3) is 3.68. The fraction of sp³-hybridized carbons (Fsp3) is 0.769. The van der Waals surface area contributed by atoms with E-state index in [1.165, 1.54) is 25.7 Å². The van der Waals surface area contributed by atoms with E-state index in [9.17, 15) is 0 Å². The van der Waals surface area contributed by atoms with Gasteiger partial charge in [0.05, 0.1) is 7.11 Å². The van der Waals surface area contributed by atoms with Crippen molar-refractivity contribution >= 4 is 11.9 Å². The fourth-order valence-electron chi connectivity index (χ4n) is 2.25. The minimum absolute atomic E-state index is 0.341. The van der Waals surface area contributed by atoms with Crippen LogP contribution < -0.4 is 15.4 Å².